The number of aromatic nitrogens is 1. The van der Waals surface area contributed by atoms with E-state index in [0.717, 1.165) is 22.8 Å². The van der Waals surface area contributed by atoms with Crippen molar-refractivity contribution in [3.8, 4) is 10.6 Å². The predicted octanol–water partition coefficient (Wildman–Crippen LogP) is 4.63. The maximum atomic E-state index is 13.8. The van der Waals surface area contributed by atoms with Gasteiger partial charge in [-0.3, -0.25) is 0 Å². The van der Waals surface area contributed by atoms with Crippen LogP contribution in [0.15, 0.2) is 18.2 Å². The zero-order chi connectivity index (χ0) is 15.0. The smallest absolute Gasteiger partial charge is 0.126 e. The van der Waals surface area contributed by atoms with Crippen LogP contribution in [0.5, 0.6) is 0 Å². The van der Waals surface area contributed by atoms with Gasteiger partial charge in [-0.1, -0.05) is 26.0 Å². The van der Waals surface area contributed by atoms with Gasteiger partial charge in [0.25, 0.3) is 0 Å². The van der Waals surface area contributed by atoms with E-state index in [-0.39, 0.29) is 5.82 Å². The highest BCUT2D eigenvalue weighted by molar-refractivity contribution is 7.15. The Labute approximate surface area is 129 Å². The highest BCUT2D eigenvalue weighted by Gasteiger charge is 2.22. The van der Waals surface area contributed by atoms with E-state index >= 15 is 0 Å². The van der Waals surface area contributed by atoms with Crippen molar-refractivity contribution in [3.05, 3.63) is 40.2 Å². The highest BCUT2D eigenvalue weighted by atomic mass is 32.1. The quantitative estimate of drug-likeness (QED) is 0.871. The van der Waals surface area contributed by atoms with Crippen molar-refractivity contribution in [2.24, 2.45) is 0 Å². The van der Waals surface area contributed by atoms with Crippen molar-refractivity contribution < 1.29 is 4.39 Å². The monoisotopic (exact) mass is 304 g/mol. The first-order chi connectivity index (χ1) is 10.0. The maximum absolute atomic E-state index is 13.8. The van der Waals surface area contributed by atoms with Crippen molar-refractivity contribution in [2.75, 3.05) is 0 Å². The lowest BCUT2D eigenvalue weighted by Gasteiger charge is -2.05. The molecule has 1 N–H and O–H groups in total. The summed E-state index contributed by atoms with van der Waals surface area (Å²) >= 11 is 1.68. The van der Waals surface area contributed by atoms with E-state index in [0.29, 0.717) is 17.5 Å². The lowest BCUT2D eigenvalue weighted by Crippen LogP contribution is -2.15. The van der Waals surface area contributed by atoms with Crippen LogP contribution in [0.25, 0.3) is 10.6 Å². The van der Waals surface area contributed by atoms with Gasteiger partial charge in [-0.05, 0) is 37.3 Å². The summed E-state index contributed by atoms with van der Waals surface area (Å²) in [4.78, 5) is 6.05. The molecule has 0 bridgehead atoms. The number of nitrogens with one attached hydrogen (secondary N) is 1. The molecule has 1 heterocycles. The van der Waals surface area contributed by atoms with Crippen molar-refractivity contribution in [2.45, 2.75) is 52.1 Å². The molecule has 0 unspecified atom stereocenters. The van der Waals surface area contributed by atoms with Gasteiger partial charge in [-0.15, -0.1) is 11.3 Å². The third-order valence-corrected chi connectivity index (χ3v) is 4.94. The molecule has 0 radical (unpaired) electrons. The number of hydrogen-bond donors (Lipinski definition) is 1. The Kier molecular flexibility index (Phi) is 4.09. The Hall–Kier alpha value is -1.26. The minimum atomic E-state index is -0.161. The molecular weight excluding hydrogens is 283 g/mol. The predicted molar refractivity (Wildman–Crippen MR) is 86.2 cm³/mol. The molecule has 112 valence electrons. The van der Waals surface area contributed by atoms with Gasteiger partial charge in [-0.25, -0.2) is 9.37 Å². The molecule has 1 saturated carbocycles. The van der Waals surface area contributed by atoms with Gasteiger partial charge in [0, 0.05) is 23.0 Å². The largest absolute Gasteiger partial charge is 0.309 e. The first-order valence-corrected chi connectivity index (χ1v) is 8.35. The normalized spacial score (nSPS) is 14.9. The van der Waals surface area contributed by atoms with E-state index in [1.165, 1.54) is 17.7 Å². The van der Waals surface area contributed by atoms with Crippen LogP contribution in [0.4, 0.5) is 4.39 Å². The fraction of sp³-hybridized carbons (Fsp3) is 0.471. The van der Waals surface area contributed by atoms with Gasteiger partial charge in [-0.2, -0.15) is 0 Å². The van der Waals surface area contributed by atoms with Crippen molar-refractivity contribution in [1.29, 1.82) is 0 Å². The molecule has 0 aliphatic heterocycles. The summed E-state index contributed by atoms with van der Waals surface area (Å²) in [6.07, 6.45) is 2.57. The van der Waals surface area contributed by atoms with Crippen LogP contribution in [0, 0.1) is 12.7 Å². The molecule has 2 nitrogen and oxygen atoms in total. The summed E-state index contributed by atoms with van der Waals surface area (Å²) in [7, 11) is 0. The highest BCUT2D eigenvalue weighted by Crippen LogP contribution is 2.33. The summed E-state index contributed by atoms with van der Waals surface area (Å²) < 4.78 is 13.8. The number of benzene rings is 1. The summed E-state index contributed by atoms with van der Waals surface area (Å²) in [5, 5.41) is 4.47. The molecule has 0 saturated heterocycles. The van der Waals surface area contributed by atoms with Crippen molar-refractivity contribution in [1.82, 2.24) is 10.3 Å². The van der Waals surface area contributed by atoms with Crippen LogP contribution in [-0.2, 0) is 6.54 Å². The van der Waals surface area contributed by atoms with Gasteiger partial charge >= 0.3 is 0 Å². The SMILES string of the molecule is Cc1ccc(-c2nc(C(C)C)c(CNC3CC3)s2)cc1F. The second-order valence-electron chi connectivity index (χ2n) is 6.10. The Morgan fingerprint density at radius 1 is 1.38 bits per heavy atom. The second-order valence-corrected chi connectivity index (χ2v) is 7.18. The molecule has 1 aliphatic carbocycles. The minimum absolute atomic E-state index is 0.161. The molecule has 1 aromatic heterocycles. The van der Waals surface area contributed by atoms with E-state index in [4.69, 9.17) is 4.98 Å². The zero-order valence-electron chi connectivity index (χ0n) is 12.7. The molecule has 4 heteroatoms. The second kappa shape index (κ2) is 5.85. The van der Waals surface area contributed by atoms with E-state index in [1.807, 2.05) is 12.1 Å². The van der Waals surface area contributed by atoms with Gasteiger partial charge in [0.2, 0.25) is 0 Å². The number of thiazole rings is 1. The third kappa shape index (κ3) is 3.33. The number of rotatable bonds is 5. The minimum Gasteiger partial charge on any atom is -0.309 e. The molecule has 3 rings (SSSR count). The molecule has 1 fully saturated rings. The fourth-order valence-electron chi connectivity index (χ4n) is 2.32. The molecule has 0 atom stereocenters. The Bertz CT molecular complexity index is 644. The maximum Gasteiger partial charge on any atom is 0.126 e. The Morgan fingerprint density at radius 2 is 2.14 bits per heavy atom. The topological polar surface area (TPSA) is 24.9 Å². The standard InChI is InChI=1S/C17H21FN2S/c1-10(2)16-15(9-19-13-6-7-13)21-17(20-16)12-5-4-11(3)14(18)8-12/h4-5,8,10,13,19H,6-7,9H2,1-3H3. The van der Waals surface area contributed by atoms with Gasteiger partial charge < -0.3 is 5.32 Å². The van der Waals surface area contributed by atoms with Crippen LogP contribution in [0.3, 0.4) is 0 Å². The summed E-state index contributed by atoms with van der Waals surface area (Å²) in [6, 6.07) is 6.06. The van der Waals surface area contributed by atoms with Crippen LogP contribution < -0.4 is 5.32 Å². The van der Waals surface area contributed by atoms with E-state index in [1.54, 1.807) is 24.3 Å². The molecule has 1 aromatic carbocycles. The summed E-state index contributed by atoms with van der Waals surface area (Å²) in [5.74, 6) is 0.229. The fourth-order valence-corrected chi connectivity index (χ4v) is 3.48. The first-order valence-electron chi connectivity index (χ1n) is 7.54. The van der Waals surface area contributed by atoms with Crippen molar-refractivity contribution >= 4 is 11.3 Å². The van der Waals surface area contributed by atoms with Crippen LogP contribution >= 0.6 is 11.3 Å². The number of nitrogens with zero attached hydrogens (tertiary/aromatic N) is 1. The van der Waals surface area contributed by atoms with Crippen LogP contribution in [-0.4, -0.2) is 11.0 Å². The molecular formula is C17H21FN2S. The van der Waals surface area contributed by atoms with Gasteiger partial charge in [0.15, 0.2) is 0 Å². The third-order valence-electron chi connectivity index (χ3n) is 3.82. The summed E-state index contributed by atoms with van der Waals surface area (Å²) in [6.45, 7) is 6.99. The van der Waals surface area contributed by atoms with Crippen molar-refractivity contribution in [3.63, 3.8) is 0 Å². The van der Waals surface area contributed by atoms with Gasteiger partial charge in [0.1, 0.15) is 10.8 Å². The van der Waals surface area contributed by atoms with E-state index in [9.17, 15) is 4.39 Å². The lowest BCUT2D eigenvalue weighted by molar-refractivity contribution is 0.619. The molecule has 2 aromatic rings. The summed E-state index contributed by atoms with van der Waals surface area (Å²) in [5.41, 5.74) is 2.70. The van der Waals surface area contributed by atoms with Crippen LogP contribution in [0.2, 0.25) is 0 Å². The molecule has 1 aliphatic rings. The Balaban J connectivity index is 1.90. The van der Waals surface area contributed by atoms with E-state index in [2.05, 4.69) is 19.2 Å². The molecule has 0 spiro atoms. The molecule has 0 amide bonds. The van der Waals surface area contributed by atoms with Gasteiger partial charge in [0.05, 0.1) is 5.69 Å². The van der Waals surface area contributed by atoms with Crippen LogP contribution in [0.1, 0.15) is 48.7 Å². The Morgan fingerprint density at radius 3 is 2.76 bits per heavy atom. The zero-order valence-corrected chi connectivity index (χ0v) is 13.6. The van der Waals surface area contributed by atoms with E-state index < -0.39 is 0 Å². The number of halogens is 1. The molecule has 21 heavy (non-hydrogen) atoms. The number of hydrogen-bond acceptors (Lipinski definition) is 3. The number of aryl methyl sites for hydroxylation is 1. The average Bonchev–Trinajstić information content (AvgIpc) is 3.17. The first kappa shape index (κ1) is 14.7. The lowest BCUT2D eigenvalue weighted by atomic mass is 10.1. The average molecular weight is 304 g/mol.